The van der Waals surface area contributed by atoms with Crippen LogP contribution in [0, 0.1) is 0 Å². The van der Waals surface area contributed by atoms with Gasteiger partial charge in [-0.25, -0.2) is 0 Å². The molecule has 0 unspecified atom stereocenters. The molecule has 2 aromatic carbocycles. The van der Waals surface area contributed by atoms with Crippen molar-refractivity contribution >= 4 is 36.0 Å². The average Bonchev–Trinajstić information content (AvgIpc) is 2.56. The lowest BCUT2D eigenvalue weighted by Gasteiger charge is -2.29. The molecule has 0 saturated heterocycles. The summed E-state index contributed by atoms with van der Waals surface area (Å²) in [7, 11) is -2.00. The van der Waals surface area contributed by atoms with E-state index in [1.165, 1.54) is 5.19 Å². The van der Waals surface area contributed by atoms with Crippen molar-refractivity contribution in [1.29, 1.82) is 0 Å². The van der Waals surface area contributed by atoms with E-state index in [4.69, 9.17) is 11.6 Å². The standard InChI is InChI=1S/C19H24ClNOSi/c1-5-21(6-2)19(22)18-16(20)13-10-14-17(18)23(3,4)15-11-8-7-9-12-15/h7-14H,5-6H2,1-4H3. The summed E-state index contributed by atoms with van der Waals surface area (Å²) in [6.07, 6.45) is 0. The van der Waals surface area contributed by atoms with Crippen molar-refractivity contribution in [3.8, 4) is 0 Å². The van der Waals surface area contributed by atoms with E-state index in [1.54, 1.807) is 0 Å². The summed E-state index contributed by atoms with van der Waals surface area (Å²) in [6, 6.07) is 16.3. The molecule has 0 atom stereocenters. The zero-order valence-electron chi connectivity index (χ0n) is 14.3. The average molecular weight is 346 g/mol. The second kappa shape index (κ2) is 7.32. The van der Waals surface area contributed by atoms with Gasteiger partial charge in [-0.15, -0.1) is 0 Å². The van der Waals surface area contributed by atoms with Gasteiger partial charge in [-0.05, 0) is 25.1 Å². The summed E-state index contributed by atoms with van der Waals surface area (Å²) in [5.74, 6) is 0.0344. The molecule has 2 rings (SSSR count). The first-order valence-corrected chi connectivity index (χ1v) is 11.4. The molecule has 0 aliphatic carbocycles. The summed E-state index contributed by atoms with van der Waals surface area (Å²) in [5, 5.41) is 2.96. The van der Waals surface area contributed by atoms with Gasteiger partial charge in [-0.1, -0.05) is 72.3 Å². The van der Waals surface area contributed by atoms with Crippen LogP contribution in [0.1, 0.15) is 24.2 Å². The maximum absolute atomic E-state index is 13.0. The van der Waals surface area contributed by atoms with Gasteiger partial charge in [0.25, 0.3) is 5.91 Å². The van der Waals surface area contributed by atoms with Gasteiger partial charge in [0.05, 0.1) is 10.6 Å². The highest BCUT2D eigenvalue weighted by molar-refractivity contribution is 7.01. The minimum atomic E-state index is -2.00. The van der Waals surface area contributed by atoms with E-state index in [0.717, 1.165) is 5.19 Å². The third kappa shape index (κ3) is 3.51. The molecule has 23 heavy (non-hydrogen) atoms. The number of hydrogen-bond donors (Lipinski definition) is 0. The molecule has 122 valence electrons. The van der Waals surface area contributed by atoms with Gasteiger partial charge in [0, 0.05) is 13.1 Å². The normalized spacial score (nSPS) is 11.3. The Morgan fingerprint density at radius 3 is 2.17 bits per heavy atom. The lowest BCUT2D eigenvalue weighted by atomic mass is 10.2. The minimum absolute atomic E-state index is 0.0344. The van der Waals surface area contributed by atoms with Crippen LogP contribution in [0.3, 0.4) is 0 Å². The molecule has 0 aliphatic rings. The first-order valence-electron chi connectivity index (χ1n) is 8.07. The molecule has 1 amide bonds. The summed E-state index contributed by atoms with van der Waals surface area (Å²) in [4.78, 5) is 14.8. The van der Waals surface area contributed by atoms with E-state index in [0.29, 0.717) is 23.7 Å². The molecular weight excluding hydrogens is 322 g/mol. The Morgan fingerprint density at radius 1 is 1.00 bits per heavy atom. The fourth-order valence-electron chi connectivity index (χ4n) is 2.94. The highest BCUT2D eigenvalue weighted by Crippen LogP contribution is 2.19. The number of amides is 1. The van der Waals surface area contributed by atoms with Crippen LogP contribution in [0.15, 0.2) is 48.5 Å². The Kier molecular flexibility index (Phi) is 5.66. The molecule has 4 heteroatoms. The van der Waals surface area contributed by atoms with E-state index < -0.39 is 8.07 Å². The number of nitrogens with zero attached hydrogens (tertiary/aromatic N) is 1. The Hall–Kier alpha value is -1.58. The predicted molar refractivity (Wildman–Crippen MR) is 102 cm³/mol. The summed E-state index contributed by atoms with van der Waals surface area (Å²) >= 11 is 6.45. The molecular formula is C19H24ClNOSi. The number of carbonyl (C=O) groups is 1. The van der Waals surface area contributed by atoms with Crippen LogP contribution in [0.25, 0.3) is 0 Å². The number of carbonyl (C=O) groups excluding carboxylic acids is 1. The van der Waals surface area contributed by atoms with E-state index in [-0.39, 0.29) is 5.91 Å². The second-order valence-electron chi connectivity index (χ2n) is 6.13. The van der Waals surface area contributed by atoms with Crippen LogP contribution in [-0.4, -0.2) is 32.0 Å². The number of hydrogen-bond acceptors (Lipinski definition) is 1. The number of halogens is 1. The van der Waals surface area contributed by atoms with Crippen LogP contribution in [0.4, 0.5) is 0 Å². The molecule has 0 aromatic heterocycles. The molecule has 0 bridgehead atoms. The largest absolute Gasteiger partial charge is 0.339 e. The first-order chi connectivity index (χ1) is 10.9. The summed E-state index contributed by atoms with van der Waals surface area (Å²) in [5.41, 5.74) is 0.679. The number of rotatable bonds is 5. The monoisotopic (exact) mass is 345 g/mol. The van der Waals surface area contributed by atoms with Crippen molar-refractivity contribution in [1.82, 2.24) is 4.90 Å². The summed E-state index contributed by atoms with van der Waals surface area (Å²) in [6.45, 7) is 9.91. The van der Waals surface area contributed by atoms with Gasteiger partial charge >= 0.3 is 0 Å². The molecule has 0 fully saturated rings. The molecule has 0 spiro atoms. The van der Waals surface area contributed by atoms with Gasteiger partial charge in [0.1, 0.15) is 8.07 Å². The quantitative estimate of drug-likeness (QED) is 0.757. The Balaban J connectivity index is 2.60. The highest BCUT2D eigenvalue weighted by atomic mass is 35.5. The van der Waals surface area contributed by atoms with E-state index in [1.807, 2.05) is 36.9 Å². The van der Waals surface area contributed by atoms with Crippen molar-refractivity contribution in [3.63, 3.8) is 0 Å². The zero-order valence-corrected chi connectivity index (χ0v) is 16.0. The molecule has 2 nitrogen and oxygen atoms in total. The lowest BCUT2D eigenvalue weighted by Crippen LogP contribution is -2.55. The van der Waals surface area contributed by atoms with Crippen LogP contribution >= 0.6 is 11.6 Å². The first kappa shape index (κ1) is 17.8. The Labute approximate surface area is 145 Å². The van der Waals surface area contributed by atoms with E-state index in [2.05, 4.69) is 43.4 Å². The zero-order chi connectivity index (χ0) is 17.0. The van der Waals surface area contributed by atoms with Gasteiger partial charge in [0.15, 0.2) is 0 Å². The van der Waals surface area contributed by atoms with Crippen molar-refractivity contribution in [2.24, 2.45) is 0 Å². The highest BCUT2D eigenvalue weighted by Gasteiger charge is 2.32. The Bertz CT molecular complexity index is 681. The van der Waals surface area contributed by atoms with Gasteiger partial charge in [0.2, 0.25) is 0 Å². The fourth-order valence-corrected chi connectivity index (χ4v) is 5.99. The van der Waals surface area contributed by atoms with Crippen molar-refractivity contribution in [3.05, 3.63) is 59.1 Å². The molecule has 0 N–H and O–H groups in total. The maximum atomic E-state index is 13.0. The van der Waals surface area contributed by atoms with Crippen LogP contribution in [-0.2, 0) is 0 Å². The maximum Gasteiger partial charge on any atom is 0.255 e. The number of benzene rings is 2. The van der Waals surface area contributed by atoms with Gasteiger partial charge < -0.3 is 4.90 Å². The molecule has 0 saturated carbocycles. The van der Waals surface area contributed by atoms with Crippen LogP contribution < -0.4 is 10.4 Å². The molecule has 2 aromatic rings. The summed E-state index contributed by atoms with van der Waals surface area (Å²) < 4.78 is 0. The third-order valence-electron chi connectivity index (χ3n) is 4.45. The lowest BCUT2D eigenvalue weighted by molar-refractivity contribution is 0.0774. The van der Waals surface area contributed by atoms with Crippen molar-refractivity contribution in [2.75, 3.05) is 13.1 Å². The topological polar surface area (TPSA) is 20.3 Å². The Morgan fingerprint density at radius 2 is 1.61 bits per heavy atom. The molecule has 0 radical (unpaired) electrons. The third-order valence-corrected chi connectivity index (χ3v) is 8.30. The minimum Gasteiger partial charge on any atom is -0.339 e. The van der Waals surface area contributed by atoms with Crippen molar-refractivity contribution < 1.29 is 4.79 Å². The van der Waals surface area contributed by atoms with Gasteiger partial charge in [-0.2, -0.15) is 0 Å². The van der Waals surface area contributed by atoms with E-state index in [9.17, 15) is 4.79 Å². The molecule has 0 heterocycles. The SMILES string of the molecule is CCN(CC)C(=O)c1c(Cl)cccc1[Si](C)(C)c1ccccc1. The van der Waals surface area contributed by atoms with Crippen molar-refractivity contribution in [2.45, 2.75) is 26.9 Å². The smallest absolute Gasteiger partial charge is 0.255 e. The molecule has 0 aliphatic heterocycles. The van der Waals surface area contributed by atoms with Crippen LogP contribution in [0.2, 0.25) is 18.1 Å². The van der Waals surface area contributed by atoms with E-state index >= 15 is 0 Å². The van der Waals surface area contributed by atoms with Gasteiger partial charge in [-0.3, -0.25) is 4.79 Å². The second-order valence-corrected chi connectivity index (χ2v) is 10.9. The van der Waals surface area contributed by atoms with Crippen LogP contribution in [0.5, 0.6) is 0 Å². The fraction of sp³-hybridized carbons (Fsp3) is 0.316. The predicted octanol–water partition coefficient (Wildman–Crippen LogP) is 3.64.